The van der Waals surface area contributed by atoms with E-state index in [1.54, 1.807) is 43.3 Å². The minimum Gasteiger partial charge on any atom is -0.479 e. The van der Waals surface area contributed by atoms with Crippen LogP contribution in [0.4, 0.5) is 9.59 Å². The fraction of sp³-hybridized carbons (Fsp3) is 0.536. The molecular weight excluding hydrogens is 638 g/mol. The van der Waals surface area contributed by atoms with Crippen molar-refractivity contribution in [3.8, 4) is 17.3 Å². The van der Waals surface area contributed by atoms with Crippen LogP contribution >= 0.6 is 0 Å². The van der Waals surface area contributed by atoms with E-state index in [0.717, 1.165) is 0 Å². The summed E-state index contributed by atoms with van der Waals surface area (Å²) < 4.78 is 39.4. The van der Waals surface area contributed by atoms with Gasteiger partial charge in [-0.15, -0.1) is 0 Å². The predicted octanol–water partition coefficient (Wildman–Crippen LogP) is 0.488. The molecule has 18 nitrogen and oxygen atoms in total. The Kier molecular flexibility index (Phi) is 9.49. The summed E-state index contributed by atoms with van der Waals surface area (Å²) in [6.07, 6.45) is 1.72. The number of rotatable bonds is 10. The van der Waals surface area contributed by atoms with Crippen molar-refractivity contribution in [1.82, 2.24) is 38.4 Å². The molecule has 5 heterocycles. The number of aliphatic carboxylic acids is 1. The fourth-order valence-corrected chi connectivity index (χ4v) is 6.72. The number of aliphatic hydroxyl groups excluding tert-OH is 1. The zero-order valence-electron chi connectivity index (χ0n) is 26.0. The van der Waals surface area contributed by atoms with E-state index in [-0.39, 0.29) is 51.2 Å². The average molecular weight is 674 g/mol. The lowest BCUT2D eigenvalue weighted by atomic mass is 9.89. The van der Waals surface area contributed by atoms with Crippen LogP contribution in [0.25, 0.3) is 22.3 Å². The number of carbonyl (C=O) groups excluding carboxylic acids is 2. The average Bonchev–Trinajstić information content (AvgIpc) is 3.68. The predicted molar refractivity (Wildman–Crippen MR) is 162 cm³/mol. The summed E-state index contributed by atoms with van der Waals surface area (Å²) in [5, 5.41) is 33.5. The van der Waals surface area contributed by atoms with Crippen molar-refractivity contribution in [2.75, 3.05) is 46.0 Å². The lowest BCUT2D eigenvalue weighted by molar-refractivity contribution is -0.205. The quantitative estimate of drug-likeness (QED) is 0.299. The van der Waals surface area contributed by atoms with Crippen molar-refractivity contribution in [1.29, 1.82) is 5.26 Å². The largest absolute Gasteiger partial charge is 0.479 e. The Balaban J connectivity index is 1.24. The molecule has 47 heavy (non-hydrogen) atoms. The number of carboxylic acid groups (broad SMARTS) is 1. The molecule has 0 radical (unpaired) electrons. The molecule has 19 heteroatoms. The molecule has 2 fully saturated rings. The van der Waals surface area contributed by atoms with Gasteiger partial charge in [0.25, 0.3) is 0 Å². The Morgan fingerprint density at radius 1 is 1.19 bits per heavy atom. The molecule has 0 saturated carbocycles. The van der Waals surface area contributed by atoms with Crippen LogP contribution in [0.15, 0.2) is 31.0 Å². The second kappa shape index (κ2) is 13.2. The smallest absolute Gasteiger partial charge is 0.411 e. The number of carbonyl (C=O) groups is 3. The van der Waals surface area contributed by atoms with Crippen molar-refractivity contribution >= 4 is 39.2 Å². The second-order valence-corrected chi connectivity index (χ2v) is 13.8. The van der Waals surface area contributed by atoms with Crippen molar-refractivity contribution in [3.05, 3.63) is 31.0 Å². The molecule has 2 aliphatic heterocycles. The summed E-state index contributed by atoms with van der Waals surface area (Å²) in [7, 11) is -0.408. The Hall–Kier alpha value is -4.64. The van der Waals surface area contributed by atoms with Gasteiger partial charge in [-0.1, -0.05) is 0 Å². The number of ether oxygens (including phenoxy) is 2. The highest BCUT2D eigenvalue weighted by Gasteiger charge is 2.49. The van der Waals surface area contributed by atoms with Crippen molar-refractivity contribution < 1.29 is 42.5 Å². The number of aromatic nitrogens is 5. The van der Waals surface area contributed by atoms with E-state index in [2.05, 4.69) is 21.1 Å². The van der Waals surface area contributed by atoms with Crippen LogP contribution in [0.5, 0.6) is 0 Å². The molecule has 0 aliphatic carbocycles. The van der Waals surface area contributed by atoms with Gasteiger partial charge in [0.2, 0.25) is 16.3 Å². The number of nitriles is 1. The highest BCUT2D eigenvalue weighted by Crippen LogP contribution is 2.36. The molecule has 5 rings (SSSR count). The normalized spacial score (nSPS) is 21.0. The van der Waals surface area contributed by atoms with Gasteiger partial charge in [0.15, 0.2) is 11.8 Å². The Morgan fingerprint density at radius 3 is 2.60 bits per heavy atom. The molecule has 3 aromatic heterocycles. The maximum atomic E-state index is 13.4. The molecule has 3 aromatic rings. The van der Waals surface area contributed by atoms with Gasteiger partial charge in [0.05, 0.1) is 36.2 Å². The van der Waals surface area contributed by atoms with E-state index in [9.17, 15) is 33.2 Å². The lowest BCUT2D eigenvalue weighted by Gasteiger charge is -2.47. The number of nitrogens with zero attached hydrogens (tertiary/aromatic N) is 9. The van der Waals surface area contributed by atoms with Crippen molar-refractivity contribution in [3.63, 3.8) is 0 Å². The number of hydrogen-bond donors (Lipinski definition) is 2. The third-order valence-electron chi connectivity index (χ3n) is 8.32. The monoisotopic (exact) mass is 673 g/mol. The molecular formula is C28H35N9O9S. The molecule has 0 spiro atoms. The number of aliphatic hydroxyl groups is 1. The SMILES string of the molecule is CCS(=O)(=O)N1CC(CC#N)(n2cc(-c3ncnc4c3ccn4C(=O)N(C)CCN(C)C(=O)O[C@H]3C[C@@H](O)C[C@@H](C(=O)O)O3)cn2)C1. The van der Waals surface area contributed by atoms with Gasteiger partial charge in [-0.25, -0.2) is 32.8 Å². The first-order valence-corrected chi connectivity index (χ1v) is 16.4. The first-order chi connectivity index (χ1) is 22.3. The van der Waals surface area contributed by atoms with E-state index >= 15 is 0 Å². The lowest BCUT2D eigenvalue weighted by Crippen LogP contribution is -2.64. The maximum absolute atomic E-state index is 13.4. The van der Waals surface area contributed by atoms with E-state index < -0.39 is 52.2 Å². The molecule has 0 aromatic carbocycles. The standard InChI is InChI=1S/C28H35N9O9S/c1-4-47(43,44)35-15-28(16-35,6-7-29)37-14-18(13-32-37)23-20-5-8-36(24(20)31-17-30-23)26(41)33(2)9-10-34(3)27(42)46-22-12-19(38)11-21(45-22)25(39)40/h5,8,13-14,17,19,21-22,38H,4,6,9-12,15-16H2,1-3H3,(H,39,40)/t19-,21-,22-/m0/s1. The molecule has 2 aliphatic rings. The number of carboxylic acids is 1. The summed E-state index contributed by atoms with van der Waals surface area (Å²) in [6.45, 7) is 2.00. The van der Waals surface area contributed by atoms with Crippen LogP contribution < -0.4 is 0 Å². The zero-order chi connectivity index (χ0) is 34.1. The van der Waals surface area contributed by atoms with Crippen LogP contribution in [0, 0.1) is 11.3 Å². The van der Waals surface area contributed by atoms with Gasteiger partial charge in [0.1, 0.15) is 11.9 Å². The van der Waals surface area contributed by atoms with E-state index in [1.165, 1.54) is 32.0 Å². The van der Waals surface area contributed by atoms with Crippen LogP contribution in [0.2, 0.25) is 0 Å². The fourth-order valence-electron chi connectivity index (χ4n) is 5.48. The van der Waals surface area contributed by atoms with Crippen molar-refractivity contribution in [2.45, 2.75) is 50.2 Å². The minimum atomic E-state index is -3.40. The topological polar surface area (TPSA) is 226 Å². The summed E-state index contributed by atoms with van der Waals surface area (Å²) in [6, 6.07) is 3.38. The summed E-state index contributed by atoms with van der Waals surface area (Å²) in [5.74, 6) is -1.30. The Labute approximate surface area is 269 Å². The van der Waals surface area contributed by atoms with Crippen molar-refractivity contribution in [2.24, 2.45) is 0 Å². The molecule has 0 unspecified atom stereocenters. The first-order valence-electron chi connectivity index (χ1n) is 14.7. The van der Waals surface area contributed by atoms with E-state index in [4.69, 9.17) is 14.6 Å². The highest BCUT2D eigenvalue weighted by molar-refractivity contribution is 7.89. The summed E-state index contributed by atoms with van der Waals surface area (Å²) in [5.41, 5.74) is 0.595. The molecule has 252 valence electrons. The number of amides is 2. The Bertz CT molecular complexity index is 1810. The van der Waals surface area contributed by atoms with Gasteiger partial charge in [0, 0.05) is 76.5 Å². The maximum Gasteiger partial charge on any atom is 0.411 e. The van der Waals surface area contributed by atoms with Crippen LogP contribution in [0.3, 0.4) is 0 Å². The number of sulfonamides is 1. The van der Waals surface area contributed by atoms with Crippen LogP contribution in [0.1, 0.15) is 26.2 Å². The second-order valence-electron chi connectivity index (χ2n) is 11.6. The van der Waals surface area contributed by atoms with Crippen LogP contribution in [-0.4, -0.2) is 140 Å². The van der Waals surface area contributed by atoms with E-state index in [0.29, 0.717) is 22.3 Å². The summed E-state index contributed by atoms with van der Waals surface area (Å²) >= 11 is 0. The molecule has 2 amide bonds. The Morgan fingerprint density at radius 2 is 1.91 bits per heavy atom. The minimum absolute atomic E-state index is 0.0365. The molecule has 2 saturated heterocycles. The van der Waals surface area contributed by atoms with Gasteiger partial charge in [-0.3, -0.25) is 9.25 Å². The third kappa shape index (κ3) is 6.76. The molecule has 3 atom stereocenters. The number of hydrogen-bond acceptors (Lipinski definition) is 12. The zero-order valence-corrected chi connectivity index (χ0v) is 26.8. The first kappa shape index (κ1) is 33.7. The highest BCUT2D eigenvalue weighted by atomic mass is 32.2. The van der Waals surface area contributed by atoms with Gasteiger partial charge >= 0.3 is 18.1 Å². The molecule has 0 bridgehead atoms. The molecule has 2 N–H and O–H groups in total. The third-order valence-corrected chi connectivity index (χ3v) is 10.1. The van der Waals surface area contributed by atoms with E-state index in [1.807, 2.05) is 0 Å². The van der Waals surface area contributed by atoms with Gasteiger partial charge < -0.3 is 29.5 Å². The van der Waals surface area contributed by atoms with Gasteiger partial charge in [-0.2, -0.15) is 14.7 Å². The van der Waals surface area contributed by atoms with Crippen LogP contribution in [-0.2, 0) is 29.8 Å². The number of likely N-dealkylation sites (N-methyl/N-ethyl adjacent to an activating group) is 2. The summed E-state index contributed by atoms with van der Waals surface area (Å²) in [4.78, 5) is 48.5. The number of fused-ring (bicyclic) bond motifs is 1. The van der Waals surface area contributed by atoms with Gasteiger partial charge in [-0.05, 0) is 13.0 Å².